The molecule has 98 valence electrons. The van der Waals surface area contributed by atoms with E-state index in [1.54, 1.807) is 0 Å². The number of carbonyl (C=O) groups is 1. The first-order valence-electron chi connectivity index (χ1n) is 5.91. The minimum atomic E-state index is -0.649. The van der Waals surface area contributed by atoms with E-state index in [4.69, 9.17) is 4.74 Å². The number of hydrogen-bond acceptors (Lipinski definition) is 3. The van der Waals surface area contributed by atoms with Crippen LogP contribution < -0.4 is 0 Å². The minimum absolute atomic E-state index is 0.285. The average molecular weight is 241 g/mol. The smallest absolute Gasteiger partial charge is 0.414 e. The van der Waals surface area contributed by atoms with Gasteiger partial charge in [0.05, 0.1) is 11.8 Å². The van der Waals surface area contributed by atoms with Crippen LogP contribution in [0.5, 0.6) is 0 Å². The van der Waals surface area contributed by atoms with Crippen LogP contribution in [0.2, 0.25) is 0 Å². The number of ether oxygens (including phenoxy) is 1. The highest BCUT2D eigenvalue weighted by Crippen LogP contribution is 2.31. The number of rotatable bonds is 1. The molecule has 1 unspecified atom stereocenters. The highest BCUT2D eigenvalue weighted by atomic mass is 16.6. The van der Waals surface area contributed by atoms with Gasteiger partial charge in [-0.15, -0.1) is 0 Å². The third-order valence-electron chi connectivity index (χ3n) is 2.51. The van der Waals surface area contributed by atoms with E-state index in [1.807, 2.05) is 47.6 Å². The van der Waals surface area contributed by atoms with Crippen molar-refractivity contribution in [3.05, 3.63) is 11.8 Å². The number of amides is 1. The summed E-state index contributed by atoms with van der Waals surface area (Å²) in [5, 5.41) is 10.1. The third kappa shape index (κ3) is 3.46. The summed E-state index contributed by atoms with van der Waals surface area (Å²) in [6.45, 7) is 11.8. The standard InChI is InChI=1S/C13H23NO3/c1-12(2,3)10(15)9-7-8-14(9)11(16)17-13(4,5)6/h7,10,15H,8H2,1-6H3. The van der Waals surface area contributed by atoms with E-state index in [2.05, 4.69) is 0 Å². The highest BCUT2D eigenvalue weighted by Gasteiger charge is 2.37. The predicted octanol–water partition coefficient (Wildman–Crippen LogP) is 2.53. The van der Waals surface area contributed by atoms with Crippen LogP contribution in [0.3, 0.4) is 0 Å². The van der Waals surface area contributed by atoms with E-state index < -0.39 is 17.8 Å². The van der Waals surface area contributed by atoms with Crippen LogP contribution >= 0.6 is 0 Å². The Kier molecular flexibility index (Phi) is 3.58. The summed E-state index contributed by atoms with van der Waals surface area (Å²) < 4.78 is 5.27. The van der Waals surface area contributed by atoms with Crippen molar-refractivity contribution < 1.29 is 14.6 Å². The quantitative estimate of drug-likeness (QED) is 0.767. The van der Waals surface area contributed by atoms with Crippen molar-refractivity contribution in [2.45, 2.75) is 53.2 Å². The van der Waals surface area contributed by atoms with Crippen molar-refractivity contribution in [2.75, 3.05) is 6.54 Å². The van der Waals surface area contributed by atoms with Gasteiger partial charge in [0.25, 0.3) is 0 Å². The number of hydrogen-bond donors (Lipinski definition) is 1. The van der Waals surface area contributed by atoms with E-state index in [-0.39, 0.29) is 5.41 Å². The van der Waals surface area contributed by atoms with Crippen molar-refractivity contribution >= 4 is 6.09 Å². The van der Waals surface area contributed by atoms with Gasteiger partial charge in [-0.3, -0.25) is 4.90 Å². The molecule has 4 nitrogen and oxygen atoms in total. The van der Waals surface area contributed by atoms with E-state index in [0.29, 0.717) is 12.2 Å². The molecule has 0 aromatic rings. The molecule has 4 heteroatoms. The summed E-state index contributed by atoms with van der Waals surface area (Å²) in [5.41, 5.74) is -0.150. The molecule has 0 aromatic carbocycles. The highest BCUT2D eigenvalue weighted by molar-refractivity contribution is 5.72. The summed E-state index contributed by atoms with van der Waals surface area (Å²) >= 11 is 0. The summed E-state index contributed by atoms with van der Waals surface area (Å²) in [6, 6.07) is 0. The fourth-order valence-corrected chi connectivity index (χ4v) is 1.49. The molecule has 0 fully saturated rings. The summed E-state index contributed by atoms with van der Waals surface area (Å²) in [4.78, 5) is 13.3. The summed E-state index contributed by atoms with van der Waals surface area (Å²) in [7, 11) is 0. The third-order valence-corrected chi connectivity index (χ3v) is 2.51. The van der Waals surface area contributed by atoms with E-state index in [1.165, 1.54) is 4.90 Å². The number of aliphatic hydroxyl groups is 1. The van der Waals surface area contributed by atoms with Gasteiger partial charge >= 0.3 is 6.09 Å². The number of carbonyl (C=O) groups excluding carboxylic acids is 1. The van der Waals surface area contributed by atoms with Crippen LogP contribution in [0.25, 0.3) is 0 Å². The second-order valence-corrected chi connectivity index (χ2v) is 6.49. The molecule has 0 bridgehead atoms. The van der Waals surface area contributed by atoms with Gasteiger partial charge in [-0.1, -0.05) is 20.8 Å². The first-order valence-corrected chi connectivity index (χ1v) is 5.91. The van der Waals surface area contributed by atoms with Crippen LogP contribution in [-0.4, -0.2) is 34.3 Å². The zero-order chi connectivity index (χ0) is 13.4. The molecule has 1 amide bonds. The Morgan fingerprint density at radius 3 is 2.18 bits per heavy atom. The summed E-state index contributed by atoms with van der Waals surface area (Å²) in [5.74, 6) is 0. The van der Waals surface area contributed by atoms with Gasteiger partial charge in [0.2, 0.25) is 0 Å². The minimum Gasteiger partial charge on any atom is -0.443 e. The van der Waals surface area contributed by atoms with Crippen molar-refractivity contribution in [2.24, 2.45) is 5.41 Å². The first kappa shape index (κ1) is 14.0. The Morgan fingerprint density at radius 2 is 1.88 bits per heavy atom. The maximum Gasteiger partial charge on any atom is 0.414 e. The molecular weight excluding hydrogens is 218 g/mol. The lowest BCUT2D eigenvalue weighted by atomic mass is 9.85. The molecule has 0 saturated carbocycles. The van der Waals surface area contributed by atoms with Crippen LogP contribution in [0.4, 0.5) is 4.79 Å². The fourth-order valence-electron chi connectivity index (χ4n) is 1.49. The van der Waals surface area contributed by atoms with E-state index in [0.717, 1.165) is 0 Å². The largest absolute Gasteiger partial charge is 0.443 e. The van der Waals surface area contributed by atoms with Gasteiger partial charge in [-0.25, -0.2) is 4.79 Å². The SMILES string of the molecule is CC(C)(C)OC(=O)N1CC=C1C(O)C(C)(C)C. The van der Waals surface area contributed by atoms with Crippen molar-refractivity contribution in [1.29, 1.82) is 0 Å². The zero-order valence-corrected chi connectivity index (χ0v) is 11.6. The fraction of sp³-hybridized carbons (Fsp3) is 0.769. The maximum absolute atomic E-state index is 11.8. The molecule has 1 rings (SSSR count). The van der Waals surface area contributed by atoms with Crippen LogP contribution in [-0.2, 0) is 4.74 Å². The normalized spacial score (nSPS) is 18.3. The average Bonchev–Trinajstić information content (AvgIpc) is 1.95. The number of aliphatic hydroxyl groups excluding tert-OH is 1. The molecule has 0 saturated heterocycles. The van der Waals surface area contributed by atoms with Gasteiger partial charge in [-0.2, -0.15) is 0 Å². The molecule has 1 atom stereocenters. The Bertz CT molecular complexity index is 334. The molecule has 1 N–H and O–H groups in total. The van der Waals surface area contributed by atoms with Gasteiger partial charge in [0.1, 0.15) is 5.60 Å². The van der Waals surface area contributed by atoms with Gasteiger partial charge in [0.15, 0.2) is 0 Å². The van der Waals surface area contributed by atoms with Crippen molar-refractivity contribution in [1.82, 2.24) is 4.90 Å². The molecule has 1 heterocycles. The Hall–Kier alpha value is -1.03. The maximum atomic E-state index is 11.8. The molecule has 0 radical (unpaired) electrons. The number of nitrogens with zero attached hydrogens (tertiary/aromatic N) is 1. The molecule has 0 aliphatic carbocycles. The van der Waals surface area contributed by atoms with E-state index in [9.17, 15) is 9.90 Å². The van der Waals surface area contributed by atoms with Gasteiger partial charge < -0.3 is 9.84 Å². The monoisotopic (exact) mass is 241 g/mol. The topological polar surface area (TPSA) is 49.8 Å². The first-order chi connectivity index (χ1) is 7.52. The van der Waals surface area contributed by atoms with Crippen LogP contribution in [0.15, 0.2) is 11.8 Å². The van der Waals surface area contributed by atoms with Crippen molar-refractivity contribution in [3.8, 4) is 0 Å². The lowest BCUT2D eigenvalue weighted by Gasteiger charge is -2.39. The Morgan fingerprint density at radius 1 is 1.35 bits per heavy atom. The zero-order valence-electron chi connectivity index (χ0n) is 11.6. The van der Waals surface area contributed by atoms with Crippen molar-refractivity contribution in [3.63, 3.8) is 0 Å². The second kappa shape index (κ2) is 4.33. The molecule has 1 aliphatic rings. The molecule has 0 spiro atoms. The molecular formula is C13H23NO3. The molecule has 1 aliphatic heterocycles. The summed E-state index contributed by atoms with van der Waals surface area (Å²) in [6.07, 6.45) is 0.821. The molecule has 0 aromatic heterocycles. The predicted molar refractivity (Wildman–Crippen MR) is 66.5 cm³/mol. The van der Waals surface area contributed by atoms with Crippen LogP contribution in [0.1, 0.15) is 41.5 Å². The van der Waals surface area contributed by atoms with Gasteiger partial charge in [0, 0.05) is 6.54 Å². The Labute approximate surface area is 103 Å². The van der Waals surface area contributed by atoms with Gasteiger partial charge in [-0.05, 0) is 32.3 Å². The van der Waals surface area contributed by atoms with E-state index >= 15 is 0 Å². The second-order valence-electron chi connectivity index (χ2n) is 6.49. The molecule has 17 heavy (non-hydrogen) atoms. The van der Waals surface area contributed by atoms with Crippen LogP contribution in [0, 0.1) is 5.41 Å². The lowest BCUT2D eigenvalue weighted by Crippen LogP contribution is -2.47. The Balaban J connectivity index is 2.67. The lowest BCUT2D eigenvalue weighted by molar-refractivity contribution is 0.0120.